The first-order chi connectivity index (χ1) is 17.1. The molecule has 14 heteroatoms. The van der Waals surface area contributed by atoms with Gasteiger partial charge in [0, 0.05) is 17.4 Å². The van der Waals surface area contributed by atoms with Crippen LogP contribution in [0.3, 0.4) is 0 Å². The maximum atomic E-state index is 12.6. The SMILES string of the molecule is CC(C)(NC(=O)O)C(=O)Nc1cccc(-c2cn(Cc3ccc(-c4nnc(C(F)F)o4)cn3)nn2)c1. The number of carbonyl (C=O) groups excluding carboxylic acids is 1. The van der Waals surface area contributed by atoms with Crippen molar-refractivity contribution in [2.45, 2.75) is 32.4 Å². The first-order valence-corrected chi connectivity index (χ1v) is 10.5. The zero-order chi connectivity index (χ0) is 25.9. The number of aromatic nitrogens is 6. The average molecular weight is 498 g/mol. The Balaban J connectivity index is 1.43. The van der Waals surface area contributed by atoms with Crippen molar-refractivity contribution in [3.63, 3.8) is 0 Å². The number of benzene rings is 1. The Morgan fingerprint density at radius 3 is 2.61 bits per heavy atom. The summed E-state index contributed by atoms with van der Waals surface area (Å²) in [6.07, 6.45) is -1.03. The molecule has 0 bridgehead atoms. The van der Waals surface area contributed by atoms with Crippen LogP contribution in [0.5, 0.6) is 0 Å². The molecule has 36 heavy (non-hydrogen) atoms. The van der Waals surface area contributed by atoms with Crippen molar-refractivity contribution in [1.29, 1.82) is 0 Å². The minimum absolute atomic E-state index is 0.0542. The van der Waals surface area contributed by atoms with Gasteiger partial charge < -0.3 is 20.2 Å². The monoisotopic (exact) mass is 498 g/mol. The zero-order valence-corrected chi connectivity index (χ0v) is 19.0. The van der Waals surface area contributed by atoms with Crippen LogP contribution in [-0.4, -0.2) is 52.8 Å². The number of alkyl halides is 2. The van der Waals surface area contributed by atoms with Crippen molar-refractivity contribution >= 4 is 17.7 Å². The van der Waals surface area contributed by atoms with Crippen molar-refractivity contribution < 1.29 is 27.9 Å². The molecule has 0 saturated heterocycles. The highest BCUT2D eigenvalue weighted by Crippen LogP contribution is 2.24. The molecule has 3 heterocycles. The normalized spacial score (nSPS) is 11.5. The molecule has 3 aromatic heterocycles. The molecule has 0 aliphatic rings. The number of amides is 2. The molecule has 0 aliphatic carbocycles. The highest BCUT2D eigenvalue weighted by molar-refractivity contribution is 5.99. The molecule has 1 aromatic carbocycles. The Morgan fingerprint density at radius 2 is 1.94 bits per heavy atom. The molecule has 2 amide bonds. The fourth-order valence-electron chi connectivity index (χ4n) is 3.13. The molecular weight excluding hydrogens is 478 g/mol. The molecule has 12 nitrogen and oxygen atoms in total. The van der Waals surface area contributed by atoms with Gasteiger partial charge in [0.15, 0.2) is 0 Å². The van der Waals surface area contributed by atoms with Gasteiger partial charge >= 0.3 is 12.5 Å². The number of anilines is 1. The molecular formula is C22H20F2N8O4. The van der Waals surface area contributed by atoms with Crippen LogP contribution in [0, 0.1) is 0 Å². The predicted molar refractivity (Wildman–Crippen MR) is 121 cm³/mol. The largest absolute Gasteiger partial charge is 0.465 e. The lowest BCUT2D eigenvalue weighted by atomic mass is 10.0. The molecule has 0 unspecified atom stereocenters. The van der Waals surface area contributed by atoms with Crippen LogP contribution >= 0.6 is 0 Å². The summed E-state index contributed by atoms with van der Waals surface area (Å²) in [4.78, 5) is 27.6. The minimum atomic E-state index is -2.85. The van der Waals surface area contributed by atoms with Gasteiger partial charge in [0.25, 0.3) is 5.89 Å². The molecule has 0 aliphatic heterocycles. The van der Waals surface area contributed by atoms with Crippen LogP contribution in [0.4, 0.5) is 19.3 Å². The molecule has 0 saturated carbocycles. The Morgan fingerprint density at radius 1 is 1.14 bits per heavy atom. The summed E-state index contributed by atoms with van der Waals surface area (Å²) in [5, 5.41) is 28.9. The van der Waals surface area contributed by atoms with E-state index in [4.69, 9.17) is 9.52 Å². The van der Waals surface area contributed by atoms with Crippen LogP contribution < -0.4 is 10.6 Å². The van der Waals surface area contributed by atoms with E-state index in [1.807, 2.05) is 0 Å². The van der Waals surface area contributed by atoms with Gasteiger partial charge in [0.05, 0.1) is 24.0 Å². The van der Waals surface area contributed by atoms with E-state index in [1.54, 1.807) is 47.3 Å². The van der Waals surface area contributed by atoms with Crippen LogP contribution in [0.1, 0.15) is 31.9 Å². The van der Waals surface area contributed by atoms with E-state index in [-0.39, 0.29) is 12.4 Å². The number of carboxylic acid groups (broad SMARTS) is 1. The molecule has 186 valence electrons. The zero-order valence-electron chi connectivity index (χ0n) is 19.0. The van der Waals surface area contributed by atoms with Gasteiger partial charge in [0.2, 0.25) is 11.8 Å². The summed E-state index contributed by atoms with van der Waals surface area (Å²) in [6, 6.07) is 10.2. The molecule has 0 fully saturated rings. The number of halogens is 2. The van der Waals surface area contributed by atoms with Gasteiger partial charge in [0.1, 0.15) is 11.2 Å². The first-order valence-electron chi connectivity index (χ1n) is 10.5. The number of nitrogens with zero attached hydrogens (tertiary/aromatic N) is 6. The number of carbonyl (C=O) groups is 2. The number of nitrogens with one attached hydrogen (secondary N) is 2. The van der Waals surface area contributed by atoms with Gasteiger partial charge in [-0.15, -0.1) is 15.3 Å². The van der Waals surface area contributed by atoms with Crippen molar-refractivity contribution in [1.82, 2.24) is 35.5 Å². The number of hydrogen-bond donors (Lipinski definition) is 3. The smallest absolute Gasteiger partial charge is 0.405 e. The van der Waals surface area contributed by atoms with E-state index < -0.39 is 29.9 Å². The number of rotatable bonds is 8. The number of pyridine rings is 1. The Bertz CT molecular complexity index is 1380. The highest BCUT2D eigenvalue weighted by Gasteiger charge is 2.29. The second kappa shape index (κ2) is 9.85. The van der Waals surface area contributed by atoms with Gasteiger partial charge in [-0.25, -0.2) is 9.48 Å². The summed E-state index contributed by atoms with van der Waals surface area (Å²) in [5.41, 5.74) is 1.37. The van der Waals surface area contributed by atoms with Crippen molar-refractivity contribution in [3.05, 3.63) is 60.4 Å². The molecule has 0 spiro atoms. The lowest BCUT2D eigenvalue weighted by molar-refractivity contribution is -0.121. The fourth-order valence-corrected chi connectivity index (χ4v) is 3.13. The maximum absolute atomic E-state index is 12.6. The van der Waals surface area contributed by atoms with Gasteiger partial charge in [-0.05, 0) is 38.1 Å². The Hall–Kier alpha value is -4.75. The summed E-state index contributed by atoms with van der Waals surface area (Å²) >= 11 is 0. The maximum Gasteiger partial charge on any atom is 0.405 e. The standard InChI is InChI=1S/C22H20F2N8O4/c1-22(2,27-21(34)35)20(33)26-14-5-3-4-12(8-14)16-11-32(31-28-16)10-15-7-6-13(9-25-15)18-29-30-19(36-18)17(23)24/h3-9,11,17,27H,10H2,1-2H3,(H,26,33)(H,34,35). The third kappa shape index (κ3) is 5.65. The van der Waals surface area contributed by atoms with E-state index in [0.29, 0.717) is 28.2 Å². The minimum Gasteiger partial charge on any atom is -0.465 e. The van der Waals surface area contributed by atoms with E-state index in [1.165, 1.54) is 20.0 Å². The quantitative estimate of drug-likeness (QED) is 0.331. The molecule has 3 N–H and O–H groups in total. The van der Waals surface area contributed by atoms with E-state index in [9.17, 15) is 18.4 Å². The van der Waals surface area contributed by atoms with Crippen LogP contribution in [0.25, 0.3) is 22.7 Å². The Kier molecular flexibility index (Phi) is 6.67. The van der Waals surface area contributed by atoms with Crippen LogP contribution in [0.15, 0.2) is 53.2 Å². The summed E-state index contributed by atoms with van der Waals surface area (Å²) in [6.45, 7) is 3.19. The third-order valence-corrected chi connectivity index (χ3v) is 4.96. The molecule has 4 rings (SSSR count). The summed E-state index contributed by atoms with van der Waals surface area (Å²) in [7, 11) is 0. The first kappa shape index (κ1) is 24.4. The van der Waals surface area contributed by atoms with Crippen molar-refractivity contribution in [2.24, 2.45) is 0 Å². The van der Waals surface area contributed by atoms with Gasteiger partial charge in [-0.1, -0.05) is 17.3 Å². The van der Waals surface area contributed by atoms with Gasteiger partial charge in [-0.3, -0.25) is 9.78 Å². The molecule has 0 radical (unpaired) electrons. The highest BCUT2D eigenvalue weighted by atomic mass is 19.3. The van der Waals surface area contributed by atoms with Crippen molar-refractivity contribution in [2.75, 3.05) is 5.32 Å². The average Bonchev–Trinajstić information content (AvgIpc) is 3.49. The predicted octanol–water partition coefficient (Wildman–Crippen LogP) is 3.36. The molecule has 4 aromatic rings. The van der Waals surface area contributed by atoms with Crippen LogP contribution in [0.2, 0.25) is 0 Å². The van der Waals surface area contributed by atoms with Crippen molar-refractivity contribution in [3.8, 4) is 22.7 Å². The van der Waals surface area contributed by atoms with E-state index in [2.05, 4.69) is 36.1 Å². The Labute approximate surface area is 202 Å². The number of hydrogen-bond acceptors (Lipinski definition) is 8. The fraction of sp³-hybridized carbons (Fsp3) is 0.227. The van der Waals surface area contributed by atoms with E-state index >= 15 is 0 Å². The second-order valence-electron chi connectivity index (χ2n) is 8.18. The lowest BCUT2D eigenvalue weighted by Gasteiger charge is -2.23. The third-order valence-electron chi connectivity index (χ3n) is 4.96. The molecule has 0 atom stereocenters. The van der Waals surface area contributed by atoms with Gasteiger partial charge in [-0.2, -0.15) is 8.78 Å². The van der Waals surface area contributed by atoms with Crippen LogP contribution in [-0.2, 0) is 11.3 Å². The summed E-state index contributed by atoms with van der Waals surface area (Å²) < 4.78 is 31.7. The lowest BCUT2D eigenvalue weighted by Crippen LogP contribution is -2.51. The van der Waals surface area contributed by atoms with E-state index in [0.717, 1.165) is 0 Å². The topological polar surface area (TPSA) is 161 Å². The second-order valence-corrected chi connectivity index (χ2v) is 8.18. The summed E-state index contributed by atoms with van der Waals surface area (Å²) in [5.74, 6) is -1.33.